The lowest BCUT2D eigenvalue weighted by Gasteiger charge is -2.16. The summed E-state index contributed by atoms with van der Waals surface area (Å²) in [7, 11) is 0. The van der Waals surface area contributed by atoms with Crippen molar-refractivity contribution in [1.82, 2.24) is 14.8 Å². The number of nitrogens with one attached hydrogen (secondary N) is 1. The second-order valence-corrected chi connectivity index (χ2v) is 8.99. The van der Waals surface area contributed by atoms with Gasteiger partial charge in [0.1, 0.15) is 5.75 Å². The number of anilines is 1. The highest BCUT2D eigenvalue weighted by Gasteiger charge is 2.20. The quantitative estimate of drug-likeness (QED) is 0.283. The van der Waals surface area contributed by atoms with Gasteiger partial charge in [0.05, 0.1) is 21.5 Å². The lowest BCUT2D eigenvalue weighted by molar-refractivity contribution is -0.113. The number of carbonyl (C=O) groups is 1. The fraction of sp³-hybridized carbons (Fsp3) is 0.261. The minimum absolute atomic E-state index is 0.129. The van der Waals surface area contributed by atoms with Crippen LogP contribution in [0, 0.1) is 13.8 Å². The van der Waals surface area contributed by atoms with Crippen molar-refractivity contribution < 1.29 is 9.53 Å². The van der Waals surface area contributed by atoms with Gasteiger partial charge in [-0.3, -0.25) is 9.36 Å². The SMILES string of the molecule is C=CCn1c(SCC(=O)Nc2cccc(Cl)c2Cl)nnc1C(C)Oc1cc(C)cc(C)c1. The van der Waals surface area contributed by atoms with Crippen molar-refractivity contribution in [3.63, 3.8) is 0 Å². The first-order valence-corrected chi connectivity index (χ1v) is 11.7. The van der Waals surface area contributed by atoms with Crippen LogP contribution in [-0.2, 0) is 11.3 Å². The fourth-order valence-electron chi connectivity index (χ4n) is 3.18. The van der Waals surface area contributed by atoms with Crippen LogP contribution in [0.2, 0.25) is 10.0 Å². The molecule has 1 amide bonds. The van der Waals surface area contributed by atoms with Crippen molar-refractivity contribution in [1.29, 1.82) is 0 Å². The predicted molar refractivity (Wildman–Crippen MR) is 131 cm³/mol. The number of nitrogens with zero attached hydrogens (tertiary/aromatic N) is 3. The fourth-order valence-corrected chi connectivity index (χ4v) is 4.29. The number of halogens is 2. The summed E-state index contributed by atoms with van der Waals surface area (Å²) in [4.78, 5) is 12.4. The van der Waals surface area contributed by atoms with Crippen LogP contribution in [0.25, 0.3) is 0 Å². The standard InChI is InChI=1S/C23H24Cl2N4O2S/c1-5-9-29-22(16(4)31-17-11-14(2)10-15(3)12-17)27-28-23(29)32-13-20(30)26-19-8-6-7-18(24)21(19)25/h5-8,10-12,16H,1,9,13H2,2-4H3,(H,26,30). The number of hydrogen-bond acceptors (Lipinski definition) is 5. The zero-order chi connectivity index (χ0) is 23.3. The third kappa shape index (κ3) is 6.06. The Bertz CT molecular complexity index is 1110. The molecule has 32 heavy (non-hydrogen) atoms. The van der Waals surface area contributed by atoms with Crippen molar-refractivity contribution in [3.8, 4) is 5.75 Å². The van der Waals surface area contributed by atoms with Gasteiger partial charge in [-0.2, -0.15) is 0 Å². The second-order valence-electron chi connectivity index (χ2n) is 7.26. The first kappa shape index (κ1) is 24.2. The van der Waals surface area contributed by atoms with Crippen molar-refractivity contribution in [2.45, 2.75) is 38.6 Å². The number of amides is 1. The van der Waals surface area contributed by atoms with Gasteiger partial charge >= 0.3 is 0 Å². The molecule has 6 nitrogen and oxygen atoms in total. The molecule has 3 rings (SSSR count). The van der Waals surface area contributed by atoms with Crippen molar-refractivity contribution in [2.75, 3.05) is 11.1 Å². The number of benzene rings is 2. The maximum Gasteiger partial charge on any atom is 0.234 e. The summed E-state index contributed by atoms with van der Waals surface area (Å²) >= 11 is 13.4. The Morgan fingerprint density at radius 2 is 1.97 bits per heavy atom. The van der Waals surface area contributed by atoms with Gasteiger partial charge in [0.25, 0.3) is 0 Å². The highest BCUT2D eigenvalue weighted by molar-refractivity contribution is 7.99. The van der Waals surface area contributed by atoms with Gasteiger partial charge < -0.3 is 10.1 Å². The van der Waals surface area contributed by atoms with Crippen LogP contribution in [0.3, 0.4) is 0 Å². The summed E-state index contributed by atoms with van der Waals surface area (Å²) < 4.78 is 8.01. The number of carbonyl (C=O) groups excluding carboxylic acids is 1. The van der Waals surface area contributed by atoms with E-state index in [1.165, 1.54) is 11.8 Å². The largest absolute Gasteiger partial charge is 0.483 e. The molecule has 0 fully saturated rings. The van der Waals surface area contributed by atoms with Crippen molar-refractivity contribution in [3.05, 3.63) is 76.0 Å². The summed E-state index contributed by atoms with van der Waals surface area (Å²) in [5.41, 5.74) is 2.72. The minimum Gasteiger partial charge on any atom is -0.483 e. The van der Waals surface area contributed by atoms with Gasteiger partial charge in [0.2, 0.25) is 5.91 Å². The molecule has 1 aromatic heterocycles. The third-order valence-corrected chi connectivity index (χ3v) is 6.27. The molecule has 168 valence electrons. The molecule has 0 spiro atoms. The minimum atomic E-state index is -0.336. The first-order valence-electron chi connectivity index (χ1n) is 9.94. The summed E-state index contributed by atoms with van der Waals surface area (Å²) in [6.07, 6.45) is 1.42. The van der Waals surface area contributed by atoms with E-state index in [0.29, 0.717) is 33.3 Å². The molecule has 0 saturated heterocycles. The molecule has 1 atom stereocenters. The Morgan fingerprint density at radius 3 is 2.66 bits per heavy atom. The Hall–Kier alpha value is -2.48. The predicted octanol–water partition coefficient (Wildman–Crippen LogP) is 6.26. The molecule has 1 N–H and O–H groups in total. The van der Waals surface area contributed by atoms with Gasteiger partial charge in [0.15, 0.2) is 17.1 Å². The molecule has 0 bridgehead atoms. The smallest absolute Gasteiger partial charge is 0.234 e. The highest BCUT2D eigenvalue weighted by atomic mass is 35.5. The number of aromatic nitrogens is 3. The van der Waals surface area contributed by atoms with Gasteiger partial charge in [0, 0.05) is 6.54 Å². The van der Waals surface area contributed by atoms with Crippen molar-refractivity contribution in [2.24, 2.45) is 0 Å². The van der Waals surface area contributed by atoms with E-state index >= 15 is 0 Å². The summed E-state index contributed by atoms with van der Waals surface area (Å²) in [5, 5.41) is 12.6. The molecular weight excluding hydrogens is 467 g/mol. The summed E-state index contributed by atoms with van der Waals surface area (Å²) in [5.74, 6) is 1.33. The summed E-state index contributed by atoms with van der Waals surface area (Å²) in [6.45, 7) is 10.3. The van der Waals surface area contributed by atoms with E-state index in [1.54, 1.807) is 24.3 Å². The average molecular weight is 491 g/mol. The van der Waals surface area contributed by atoms with Crippen LogP contribution in [-0.4, -0.2) is 26.4 Å². The second kappa shape index (κ2) is 10.9. The van der Waals surface area contributed by atoms with E-state index in [9.17, 15) is 4.79 Å². The van der Waals surface area contributed by atoms with Gasteiger partial charge in [-0.15, -0.1) is 16.8 Å². The molecule has 1 unspecified atom stereocenters. The molecule has 0 radical (unpaired) electrons. The highest BCUT2D eigenvalue weighted by Crippen LogP contribution is 2.30. The lowest BCUT2D eigenvalue weighted by atomic mass is 10.1. The molecule has 0 saturated carbocycles. The number of rotatable bonds is 9. The number of hydrogen-bond donors (Lipinski definition) is 1. The molecule has 0 aliphatic heterocycles. The van der Waals surface area contributed by atoms with Crippen LogP contribution in [0.5, 0.6) is 5.75 Å². The van der Waals surface area contributed by atoms with Crippen LogP contribution >= 0.6 is 35.0 Å². The van der Waals surface area contributed by atoms with E-state index in [2.05, 4.69) is 28.2 Å². The normalized spacial score (nSPS) is 11.8. The Labute approximate surface area is 202 Å². The summed E-state index contributed by atoms with van der Waals surface area (Å²) in [6, 6.07) is 11.1. The molecule has 0 aliphatic rings. The van der Waals surface area contributed by atoms with E-state index in [-0.39, 0.29) is 17.8 Å². The monoisotopic (exact) mass is 490 g/mol. The van der Waals surface area contributed by atoms with Gasteiger partial charge in [-0.05, 0) is 56.2 Å². The van der Waals surface area contributed by atoms with Crippen LogP contribution in [0.15, 0.2) is 54.2 Å². The molecule has 0 aliphatic carbocycles. The Kier molecular flexibility index (Phi) is 8.23. The topological polar surface area (TPSA) is 69.0 Å². The number of allylic oxidation sites excluding steroid dienone is 1. The maximum absolute atomic E-state index is 12.4. The number of thioether (sulfide) groups is 1. The van der Waals surface area contributed by atoms with E-state index in [1.807, 2.05) is 37.5 Å². The van der Waals surface area contributed by atoms with E-state index < -0.39 is 0 Å². The average Bonchev–Trinajstić information content (AvgIpc) is 3.12. The molecule has 3 aromatic rings. The first-order chi connectivity index (χ1) is 15.3. The molecule has 1 heterocycles. The Balaban J connectivity index is 1.70. The number of ether oxygens (including phenoxy) is 1. The van der Waals surface area contributed by atoms with Gasteiger partial charge in [-0.1, -0.05) is 53.2 Å². The van der Waals surface area contributed by atoms with E-state index in [0.717, 1.165) is 16.9 Å². The van der Waals surface area contributed by atoms with Crippen LogP contribution in [0.4, 0.5) is 5.69 Å². The zero-order valence-corrected chi connectivity index (χ0v) is 20.4. The zero-order valence-electron chi connectivity index (χ0n) is 18.1. The van der Waals surface area contributed by atoms with Crippen molar-refractivity contribution >= 4 is 46.6 Å². The Morgan fingerprint density at radius 1 is 1.25 bits per heavy atom. The maximum atomic E-state index is 12.4. The van der Waals surface area contributed by atoms with E-state index in [4.69, 9.17) is 27.9 Å². The van der Waals surface area contributed by atoms with Gasteiger partial charge in [-0.25, -0.2) is 0 Å². The number of aryl methyl sites for hydroxylation is 2. The van der Waals surface area contributed by atoms with Crippen LogP contribution in [0.1, 0.15) is 30.0 Å². The lowest BCUT2D eigenvalue weighted by Crippen LogP contribution is -2.16. The molecule has 9 heteroatoms. The molecular formula is C23H24Cl2N4O2S. The molecule has 2 aromatic carbocycles. The third-order valence-electron chi connectivity index (χ3n) is 4.49. The van der Waals surface area contributed by atoms with Crippen LogP contribution < -0.4 is 10.1 Å².